The zero-order valence-electron chi connectivity index (χ0n) is 8.94. The zero-order valence-corrected chi connectivity index (χ0v) is 9.70. The van der Waals surface area contributed by atoms with Crippen LogP contribution < -0.4 is 4.74 Å². The van der Waals surface area contributed by atoms with E-state index in [9.17, 15) is 0 Å². The van der Waals surface area contributed by atoms with Crippen LogP contribution in [-0.2, 0) is 13.0 Å². The molecule has 0 aliphatic heterocycles. The molecule has 2 rings (SSSR count). The fourth-order valence-electron chi connectivity index (χ4n) is 1.38. The van der Waals surface area contributed by atoms with Gasteiger partial charge in [0, 0.05) is 11.1 Å². The van der Waals surface area contributed by atoms with Crippen molar-refractivity contribution in [2.24, 2.45) is 0 Å². The third-order valence-electron chi connectivity index (χ3n) is 2.28. The average molecular weight is 238 g/mol. The summed E-state index contributed by atoms with van der Waals surface area (Å²) >= 11 is 6.01. The zero-order chi connectivity index (χ0) is 11.4. The Labute approximate surface area is 99.0 Å². The Morgan fingerprint density at radius 2 is 2.25 bits per heavy atom. The fourth-order valence-corrected chi connectivity index (χ4v) is 1.63. The molecule has 0 N–H and O–H groups in total. The molecule has 0 radical (unpaired) electrons. The van der Waals surface area contributed by atoms with Gasteiger partial charge in [-0.05, 0) is 30.2 Å². The van der Waals surface area contributed by atoms with E-state index in [1.165, 1.54) is 6.26 Å². The molecule has 0 unspecified atom stereocenters. The van der Waals surface area contributed by atoms with Crippen molar-refractivity contribution in [1.82, 2.24) is 5.16 Å². The summed E-state index contributed by atoms with van der Waals surface area (Å²) in [7, 11) is 0. The number of hydrogen-bond acceptors (Lipinski definition) is 3. The van der Waals surface area contributed by atoms with Gasteiger partial charge in [-0.25, -0.2) is 0 Å². The van der Waals surface area contributed by atoms with Crippen LogP contribution in [-0.4, -0.2) is 5.16 Å². The first-order chi connectivity index (χ1) is 7.79. The maximum Gasteiger partial charge on any atom is 0.134 e. The molecule has 0 aliphatic carbocycles. The Morgan fingerprint density at radius 3 is 2.94 bits per heavy atom. The normalized spacial score (nSPS) is 10.4. The summed E-state index contributed by atoms with van der Waals surface area (Å²) in [5.41, 5.74) is 1.85. The van der Waals surface area contributed by atoms with Crippen LogP contribution in [0.15, 0.2) is 35.1 Å². The van der Waals surface area contributed by atoms with Gasteiger partial charge in [-0.2, -0.15) is 0 Å². The van der Waals surface area contributed by atoms with Gasteiger partial charge < -0.3 is 9.26 Å². The Morgan fingerprint density at radius 1 is 1.38 bits per heavy atom. The maximum atomic E-state index is 6.01. The first kappa shape index (κ1) is 11.0. The molecule has 84 valence electrons. The molecule has 0 fully saturated rings. The number of nitrogens with zero attached hydrogens (tertiary/aromatic N) is 1. The summed E-state index contributed by atoms with van der Waals surface area (Å²) in [6, 6.07) is 7.42. The van der Waals surface area contributed by atoms with Gasteiger partial charge >= 0.3 is 0 Å². The number of ether oxygens (including phenoxy) is 1. The molecule has 0 saturated carbocycles. The van der Waals surface area contributed by atoms with Crippen molar-refractivity contribution in [3.8, 4) is 5.75 Å². The average Bonchev–Trinajstić information content (AvgIpc) is 2.81. The smallest absolute Gasteiger partial charge is 0.134 e. The molecule has 0 amide bonds. The van der Waals surface area contributed by atoms with E-state index in [2.05, 4.69) is 12.1 Å². The number of halogens is 1. The van der Waals surface area contributed by atoms with E-state index in [0.29, 0.717) is 6.61 Å². The van der Waals surface area contributed by atoms with Gasteiger partial charge in [0.2, 0.25) is 0 Å². The van der Waals surface area contributed by atoms with Crippen molar-refractivity contribution in [1.29, 1.82) is 0 Å². The van der Waals surface area contributed by atoms with E-state index in [1.807, 2.05) is 18.2 Å². The number of benzene rings is 1. The Hall–Kier alpha value is -1.48. The predicted octanol–water partition coefficient (Wildman–Crippen LogP) is 3.47. The number of rotatable bonds is 4. The summed E-state index contributed by atoms with van der Waals surface area (Å²) in [5, 5.41) is 4.54. The van der Waals surface area contributed by atoms with Crippen molar-refractivity contribution >= 4 is 11.6 Å². The largest absolute Gasteiger partial charge is 0.487 e. The highest BCUT2D eigenvalue weighted by atomic mass is 35.5. The summed E-state index contributed by atoms with van der Waals surface area (Å²) in [6.07, 6.45) is 2.41. The Balaban J connectivity index is 2.04. The molecule has 1 aromatic heterocycles. The van der Waals surface area contributed by atoms with Crippen LogP contribution in [0.5, 0.6) is 5.75 Å². The van der Waals surface area contributed by atoms with Crippen molar-refractivity contribution in [3.63, 3.8) is 0 Å². The highest BCUT2D eigenvalue weighted by Gasteiger charge is 2.02. The highest BCUT2D eigenvalue weighted by molar-refractivity contribution is 6.31. The maximum absolute atomic E-state index is 6.01. The van der Waals surface area contributed by atoms with E-state index in [1.54, 1.807) is 6.07 Å². The van der Waals surface area contributed by atoms with Crippen molar-refractivity contribution in [2.75, 3.05) is 0 Å². The quantitative estimate of drug-likeness (QED) is 0.817. The van der Waals surface area contributed by atoms with E-state index in [0.717, 1.165) is 28.5 Å². The first-order valence-corrected chi connectivity index (χ1v) is 5.48. The minimum absolute atomic E-state index is 0.404. The second kappa shape index (κ2) is 5.03. The third kappa shape index (κ3) is 2.55. The molecule has 1 aromatic carbocycles. The molecule has 0 saturated heterocycles. The van der Waals surface area contributed by atoms with Crippen LogP contribution >= 0.6 is 11.6 Å². The van der Waals surface area contributed by atoms with Gasteiger partial charge in [0.15, 0.2) is 0 Å². The van der Waals surface area contributed by atoms with E-state index < -0.39 is 0 Å². The van der Waals surface area contributed by atoms with Gasteiger partial charge in [-0.3, -0.25) is 0 Å². The number of aryl methyl sites for hydroxylation is 1. The lowest BCUT2D eigenvalue weighted by Crippen LogP contribution is -1.96. The first-order valence-electron chi connectivity index (χ1n) is 5.10. The summed E-state index contributed by atoms with van der Waals surface area (Å²) in [5.74, 6) is 0.796. The lowest BCUT2D eigenvalue weighted by Gasteiger charge is -2.06. The Bertz CT molecular complexity index is 454. The van der Waals surface area contributed by atoms with Gasteiger partial charge in [-0.1, -0.05) is 23.7 Å². The van der Waals surface area contributed by atoms with Gasteiger partial charge in [0.1, 0.15) is 24.3 Å². The Kier molecular flexibility index (Phi) is 3.47. The molecule has 2 aromatic rings. The lowest BCUT2D eigenvalue weighted by atomic mass is 10.1. The molecule has 16 heavy (non-hydrogen) atoms. The van der Waals surface area contributed by atoms with Gasteiger partial charge in [-0.15, -0.1) is 0 Å². The van der Waals surface area contributed by atoms with E-state index >= 15 is 0 Å². The van der Waals surface area contributed by atoms with Gasteiger partial charge in [0.05, 0.1) is 0 Å². The minimum Gasteiger partial charge on any atom is -0.487 e. The second-order valence-electron chi connectivity index (χ2n) is 3.39. The SMILES string of the molecule is CCc1cc(OCc2ccon2)ccc1Cl. The predicted molar refractivity (Wildman–Crippen MR) is 61.7 cm³/mol. The molecule has 0 atom stereocenters. The van der Waals surface area contributed by atoms with Crippen molar-refractivity contribution in [2.45, 2.75) is 20.0 Å². The van der Waals surface area contributed by atoms with Crippen LogP contribution in [0, 0.1) is 0 Å². The van der Waals surface area contributed by atoms with Crippen LogP contribution in [0.4, 0.5) is 0 Å². The number of aromatic nitrogens is 1. The standard InChI is InChI=1S/C12H12ClNO2/c1-2-9-7-11(3-4-12(9)13)15-8-10-5-6-16-14-10/h3-7H,2,8H2,1H3. The van der Waals surface area contributed by atoms with Crippen LogP contribution in [0.2, 0.25) is 5.02 Å². The molecule has 3 nitrogen and oxygen atoms in total. The van der Waals surface area contributed by atoms with Crippen molar-refractivity contribution in [3.05, 3.63) is 46.8 Å². The molecular weight excluding hydrogens is 226 g/mol. The number of hydrogen-bond donors (Lipinski definition) is 0. The van der Waals surface area contributed by atoms with E-state index in [4.69, 9.17) is 20.9 Å². The molecule has 0 bridgehead atoms. The lowest BCUT2D eigenvalue weighted by molar-refractivity contribution is 0.289. The highest BCUT2D eigenvalue weighted by Crippen LogP contribution is 2.23. The van der Waals surface area contributed by atoms with E-state index in [-0.39, 0.29) is 0 Å². The third-order valence-corrected chi connectivity index (χ3v) is 2.64. The van der Waals surface area contributed by atoms with Crippen molar-refractivity contribution < 1.29 is 9.26 Å². The molecule has 0 aliphatic rings. The van der Waals surface area contributed by atoms with Crippen LogP contribution in [0.3, 0.4) is 0 Å². The molecular formula is C12H12ClNO2. The second-order valence-corrected chi connectivity index (χ2v) is 3.79. The fraction of sp³-hybridized carbons (Fsp3) is 0.250. The topological polar surface area (TPSA) is 35.3 Å². The van der Waals surface area contributed by atoms with Crippen LogP contribution in [0.25, 0.3) is 0 Å². The summed E-state index contributed by atoms with van der Waals surface area (Å²) in [4.78, 5) is 0. The molecule has 0 spiro atoms. The minimum atomic E-state index is 0.404. The molecule has 1 heterocycles. The molecule has 4 heteroatoms. The van der Waals surface area contributed by atoms with Gasteiger partial charge in [0.25, 0.3) is 0 Å². The summed E-state index contributed by atoms with van der Waals surface area (Å²) in [6.45, 7) is 2.46. The monoisotopic (exact) mass is 237 g/mol. The summed E-state index contributed by atoms with van der Waals surface area (Å²) < 4.78 is 10.3. The van der Waals surface area contributed by atoms with Crippen LogP contribution in [0.1, 0.15) is 18.2 Å².